The van der Waals surface area contributed by atoms with Crippen molar-refractivity contribution in [2.45, 2.75) is 25.6 Å². The first-order chi connectivity index (χ1) is 24.4. The van der Waals surface area contributed by atoms with Crippen LogP contribution in [0.3, 0.4) is 0 Å². The molecular weight excluding hydrogens is 662 g/mol. The van der Waals surface area contributed by atoms with Gasteiger partial charge < -0.3 is 10.4 Å². The van der Waals surface area contributed by atoms with Gasteiger partial charge in [0.25, 0.3) is 0 Å². The molecule has 0 radical (unpaired) electrons. The van der Waals surface area contributed by atoms with E-state index in [1.165, 1.54) is 43.8 Å². The van der Waals surface area contributed by atoms with Gasteiger partial charge in [0.05, 0.1) is 17.9 Å². The molecule has 1 aliphatic rings. The molecular formula is C42H36ClN3O3S. The standard InChI is InChI=1S/C42H36ClN3O3S/c1-50-22-21-37(42(48)49)45-41(29-11-3-2-4-12-29)35-23-32(43)19-20-36(35)44-38(47)26-46-24-30-17-15-27-9-5-7-13-33(27)39(30)40-31(25-46)18-16-28-10-6-8-14-34(28)40/h2-20,23,37H,21-22,24-26H2,1H3,(H,44,47)(H,48,49)/t37-/m0/s1. The average Bonchev–Trinajstić information content (AvgIpc) is 3.29. The maximum absolute atomic E-state index is 14.0. The number of hydrogen-bond donors (Lipinski definition) is 2. The number of amides is 1. The molecule has 2 N–H and O–H groups in total. The molecule has 1 aliphatic heterocycles. The van der Waals surface area contributed by atoms with Gasteiger partial charge in [0, 0.05) is 29.2 Å². The summed E-state index contributed by atoms with van der Waals surface area (Å²) in [5.74, 6) is -0.540. The first-order valence-electron chi connectivity index (χ1n) is 16.6. The molecule has 250 valence electrons. The van der Waals surface area contributed by atoms with Crippen LogP contribution in [-0.2, 0) is 22.7 Å². The Bertz CT molecular complexity index is 2170. The van der Waals surface area contributed by atoms with Crippen molar-refractivity contribution in [2.24, 2.45) is 4.99 Å². The number of nitrogens with zero attached hydrogens (tertiary/aromatic N) is 2. The quantitative estimate of drug-likeness (QED) is 0.140. The van der Waals surface area contributed by atoms with Crippen LogP contribution in [0.25, 0.3) is 32.7 Å². The monoisotopic (exact) mass is 697 g/mol. The van der Waals surface area contributed by atoms with E-state index in [9.17, 15) is 14.7 Å². The van der Waals surface area contributed by atoms with Crippen LogP contribution in [0, 0.1) is 0 Å². The van der Waals surface area contributed by atoms with E-state index in [-0.39, 0.29) is 12.5 Å². The third-order valence-electron chi connectivity index (χ3n) is 9.16. The highest BCUT2D eigenvalue weighted by atomic mass is 35.5. The van der Waals surface area contributed by atoms with Crippen molar-refractivity contribution in [1.82, 2.24) is 4.90 Å². The minimum Gasteiger partial charge on any atom is -0.480 e. The van der Waals surface area contributed by atoms with Crippen LogP contribution in [0.15, 0.2) is 126 Å². The summed E-state index contributed by atoms with van der Waals surface area (Å²) in [6, 6.07) is 39.4. The van der Waals surface area contributed by atoms with Gasteiger partial charge >= 0.3 is 5.97 Å². The van der Waals surface area contributed by atoms with Crippen molar-refractivity contribution >= 4 is 68.2 Å². The summed E-state index contributed by atoms with van der Waals surface area (Å²) >= 11 is 8.10. The lowest BCUT2D eigenvalue weighted by molar-refractivity contribution is -0.138. The number of anilines is 1. The second kappa shape index (κ2) is 14.9. The van der Waals surface area contributed by atoms with Crippen LogP contribution in [0.4, 0.5) is 5.69 Å². The number of thioether (sulfide) groups is 1. The summed E-state index contributed by atoms with van der Waals surface area (Å²) in [7, 11) is 0. The number of aliphatic carboxylic acids is 1. The Morgan fingerprint density at radius 2 is 1.42 bits per heavy atom. The highest BCUT2D eigenvalue weighted by molar-refractivity contribution is 7.98. The predicted octanol–water partition coefficient (Wildman–Crippen LogP) is 9.31. The molecule has 0 bridgehead atoms. The molecule has 1 amide bonds. The van der Waals surface area contributed by atoms with Crippen molar-refractivity contribution in [2.75, 3.05) is 23.9 Å². The van der Waals surface area contributed by atoms with Crippen LogP contribution in [0.2, 0.25) is 5.02 Å². The topological polar surface area (TPSA) is 82.0 Å². The molecule has 1 heterocycles. The summed E-state index contributed by atoms with van der Waals surface area (Å²) < 4.78 is 0. The SMILES string of the molecule is CSCC[C@H](N=C(c1ccccc1)c1cc(Cl)ccc1NC(=O)CN1Cc2ccc3ccccc3c2-c2c(ccc3ccccc23)C1)C(=O)O. The van der Waals surface area contributed by atoms with Gasteiger partial charge in [0.2, 0.25) is 5.91 Å². The summed E-state index contributed by atoms with van der Waals surface area (Å²) in [6.45, 7) is 1.33. The van der Waals surface area contributed by atoms with E-state index in [0.717, 1.165) is 5.56 Å². The smallest absolute Gasteiger partial charge is 0.328 e. The molecule has 7 rings (SSSR count). The fourth-order valence-corrected chi connectivity index (χ4v) is 7.51. The van der Waals surface area contributed by atoms with Crippen molar-refractivity contribution in [3.63, 3.8) is 0 Å². The molecule has 50 heavy (non-hydrogen) atoms. The van der Waals surface area contributed by atoms with E-state index in [4.69, 9.17) is 16.6 Å². The molecule has 0 saturated carbocycles. The van der Waals surface area contributed by atoms with Crippen LogP contribution < -0.4 is 5.32 Å². The van der Waals surface area contributed by atoms with Gasteiger partial charge in [-0.1, -0.05) is 115 Å². The lowest BCUT2D eigenvalue weighted by Gasteiger charge is -2.22. The molecule has 0 unspecified atom stereocenters. The molecule has 0 aromatic heterocycles. The number of nitrogens with one attached hydrogen (secondary N) is 1. The molecule has 0 saturated heterocycles. The van der Waals surface area contributed by atoms with E-state index in [2.05, 4.69) is 83.0 Å². The molecule has 6 aromatic carbocycles. The van der Waals surface area contributed by atoms with Gasteiger partial charge in [-0.25, -0.2) is 4.79 Å². The van der Waals surface area contributed by atoms with Crippen molar-refractivity contribution in [3.05, 3.63) is 149 Å². The molecule has 1 atom stereocenters. The summed E-state index contributed by atoms with van der Waals surface area (Å²) in [5.41, 5.74) is 7.06. The van der Waals surface area contributed by atoms with Crippen molar-refractivity contribution in [3.8, 4) is 11.1 Å². The first-order valence-corrected chi connectivity index (χ1v) is 18.4. The third kappa shape index (κ3) is 7.03. The number of halogens is 1. The van der Waals surface area contributed by atoms with E-state index >= 15 is 0 Å². The van der Waals surface area contributed by atoms with Crippen LogP contribution >= 0.6 is 23.4 Å². The van der Waals surface area contributed by atoms with Crippen LogP contribution in [0.5, 0.6) is 0 Å². The Labute approximate surface area is 300 Å². The fourth-order valence-electron chi connectivity index (χ4n) is 6.88. The third-order valence-corrected chi connectivity index (χ3v) is 10.0. The Morgan fingerprint density at radius 3 is 2.02 bits per heavy atom. The number of rotatable bonds is 10. The summed E-state index contributed by atoms with van der Waals surface area (Å²) in [5, 5.41) is 18.4. The number of hydrogen-bond acceptors (Lipinski definition) is 5. The minimum atomic E-state index is -0.998. The van der Waals surface area contributed by atoms with Gasteiger partial charge in [0.15, 0.2) is 0 Å². The maximum atomic E-state index is 14.0. The zero-order chi connectivity index (χ0) is 34.6. The van der Waals surface area contributed by atoms with Crippen molar-refractivity contribution in [1.29, 1.82) is 0 Å². The highest BCUT2D eigenvalue weighted by Crippen LogP contribution is 2.42. The Morgan fingerprint density at radius 1 is 0.820 bits per heavy atom. The van der Waals surface area contributed by atoms with Gasteiger partial charge in [-0.15, -0.1) is 0 Å². The maximum Gasteiger partial charge on any atom is 0.328 e. The summed E-state index contributed by atoms with van der Waals surface area (Å²) in [4.78, 5) is 33.2. The van der Waals surface area contributed by atoms with Crippen molar-refractivity contribution < 1.29 is 14.7 Å². The number of carboxylic acids is 1. The zero-order valence-electron chi connectivity index (χ0n) is 27.6. The van der Waals surface area contributed by atoms with E-state index in [1.807, 2.05) is 36.6 Å². The van der Waals surface area contributed by atoms with Crippen LogP contribution in [0.1, 0.15) is 28.7 Å². The fraction of sp³-hybridized carbons (Fsp3) is 0.167. The number of carboxylic acid groups (broad SMARTS) is 1. The average molecular weight is 698 g/mol. The van der Waals surface area contributed by atoms with Gasteiger partial charge in [0.1, 0.15) is 6.04 Å². The molecule has 0 aliphatic carbocycles. The zero-order valence-corrected chi connectivity index (χ0v) is 29.2. The highest BCUT2D eigenvalue weighted by Gasteiger charge is 2.26. The Balaban J connectivity index is 1.24. The number of benzene rings is 6. The number of aliphatic imine (C=N–C) groups is 1. The molecule has 8 heteroatoms. The van der Waals surface area contributed by atoms with Gasteiger partial charge in [-0.2, -0.15) is 11.8 Å². The van der Waals surface area contributed by atoms with Gasteiger partial charge in [-0.05, 0) is 80.4 Å². The molecule has 6 aromatic rings. The number of fused-ring (bicyclic) bond motifs is 7. The van der Waals surface area contributed by atoms with Crippen LogP contribution in [-0.4, -0.2) is 52.2 Å². The minimum absolute atomic E-state index is 0.143. The van der Waals surface area contributed by atoms with Gasteiger partial charge in [-0.3, -0.25) is 14.7 Å². The number of carbonyl (C=O) groups is 2. The molecule has 0 spiro atoms. The largest absolute Gasteiger partial charge is 0.480 e. The predicted molar refractivity (Wildman–Crippen MR) is 208 cm³/mol. The number of carbonyl (C=O) groups excluding carboxylic acids is 1. The Hall–Kier alpha value is -4.95. The molecule has 0 fully saturated rings. The lowest BCUT2D eigenvalue weighted by atomic mass is 9.88. The second-order valence-electron chi connectivity index (χ2n) is 12.5. The Kier molecular flexibility index (Phi) is 9.99. The van der Waals surface area contributed by atoms with E-state index in [1.54, 1.807) is 30.0 Å². The van der Waals surface area contributed by atoms with E-state index < -0.39 is 12.0 Å². The molecule has 6 nitrogen and oxygen atoms in total. The lowest BCUT2D eigenvalue weighted by Crippen LogP contribution is -2.32. The summed E-state index contributed by atoms with van der Waals surface area (Å²) in [6.07, 6.45) is 2.31. The second-order valence-corrected chi connectivity index (χ2v) is 13.9. The normalized spacial score (nSPS) is 13.8. The van der Waals surface area contributed by atoms with E-state index in [0.29, 0.717) is 47.2 Å². The first kappa shape index (κ1) is 33.5.